The van der Waals surface area contributed by atoms with Crippen molar-refractivity contribution in [1.82, 2.24) is 19.7 Å². The molecule has 3 aromatic heterocycles. The second-order valence-electron chi connectivity index (χ2n) is 10.9. The van der Waals surface area contributed by atoms with Crippen molar-refractivity contribution in [3.8, 4) is 6.07 Å². The number of esters is 1. The fourth-order valence-electron chi connectivity index (χ4n) is 4.90. The van der Waals surface area contributed by atoms with E-state index in [0.29, 0.717) is 40.8 Å². The summed E-state index contributed by atoms with van der Waals surface area (Å²) in [7, 11) is 0. The second kappa shape index (κ2) is 10.1. The fourth-order valence-corrected chi connectivity index (χ4v) is 4.90. The van der Waals surface area contributed by atoms with Crippen molar-refractivity contribution in [1.29, 1.82) is 5.26 Å². The summed E-state index contributed by atoms with van der Waals surface area (Å²) in [5.74, 6) is -0.767. The normalized spacial score (nSPS) is 19.3. The first kappa shape index (κ1) is 26.8. The molecular formula is C28H29N7O5. The van der Waals surface area contributed by atoms with Crippen LogP contribution in [0.25, 0.3) is 21.8 Å². The summed E-state index contributed by atoms with van der Waals surface area (Å²) in [6.45, 7) is 5.41. The first-order chi connectivity index (χ1) is 19.0. The maximum atomic E-state index is 13.0. The Balaban J connectivity index is 1.50. The third-order valence-corrected chi connectivity index (χ3v) is 6.76. The average Bonchev–Trinajstić information content (AvgIpc) is 3.28. The highest BCUT2D eigenvalue weighted by atomic mass is 16.6. The maximum Gasteiger partial charge on any atom is 0.335 e. The molecule has 1 saturated heterocycles. The molecule has 40 heavy (non-hydrogen) atoms. The molecule has 2 atom stereocenters. The number of anilines is 2. The highest BCUT2D eigenvalue weighted by Gasteiger charge is 2.43. The van der Waals surface area contributed by atoms with Crippen LogP contribution < -0.4 is 16.6 Å². The van der Waals surface area contributed by atoms with Crippen molar-refractivity contribution in [3.63, 3.8) is 0 Å². The monoisotopic (exact) mass is 543 g/mol. The van der Waals surface area contributed by atoms with Gasteiger partial charge < -0.3 is 25.5 Å². The van der Waals surface area contributed by atoms with Crippen LogP contribution in [0.5, 0.6) is 0 Å². The summed E-state index contributed by atoms with van der Waals surface area (Å²) in [5, 5.41) is 18.8. The molecule has 0 radical (unpaired) electrons. The quantitative estimate of drug-likeness (QED) is 0.308. The molecule has 0 bridgehead atoms. The highest BCUT2D eigenvalue weighted by molar-refractivity contribution is 5.95. The molecule has 4 heterocycles. The third kappa shape index (κ3) is 5.11. The van der Waals surface area contributed by atoms with Gasteiger partial charge in [-0.15, -0.1) is 0 Å². The Bertz CT molecular complexity index is 1720. The van der Waals surface area contributed by atoms with Gasteiger partial charge in [-0.05, 0) is 63.9 Å². The first-order valence-corrected chi connectivity index (χ1v) is 12.8. The zero-order valence-electron chi connectivity index (χ0n) is 22.4. The van der Waals surface area contributed by atoms with Crippen LogP contribution in [-0.4, -0.2) is 49.9 Å². The van der Waals surface area contributed by atoms with Crippen molar-refractivity contribution in [3.05, 3.63) is 58.6 Å². The van der Waals surface area contributed by atoms with Crippen LogP contribution in [0, 0.1) is 11.3 Å². The van der Waals surface area contributed by atoms with E-state index in [1.807, 2.05) is 6.07 Å². The van der Waals surface area contributed by atoms with Gasteiger partial charge in [0, 0.05) is 17.3 Å². The molecule has 1 aromatic carbocycles. The van der Waals surface area contributed by atoms with E-state index >= 15 is 0 Å². The number of benzene rings is 1. The van der Waals surface area contributed by atoms with E-state index in [4.69, 9.17) is 20.3 Å². The number of rotatable bonds is 6. The molecule has 0 aliphatic carbocycles. The SMILES string of the molecule is CC(C)(C)OC(=O)[C@@H]1CC[C@@](CC#N)(n2nc(Nc3ccc4nc(C(N)=O)ccc4c3)c3c(=O)[nH]ccc32)CO1. The molecule has 1 fully saturated rings. The Hall–Kier alpha value is -4.76. The van der Waals surface area contributed by atoms with E-state index in [1.165, 1.54) is 6.20 Å². The number of pyridine rings is 2. The van der Waals surface area contributed by atoms with Crippen molar-refractivity contribution >= 4 is 45.2 Å². The van der Waals surface area contributed by atoms with Gasteiger partial charge in [0.05, 0.1) is 35.7 Å². The summed E-state index contributed by atoms with van der Waals surface area (Å²) in [5.41, 5.74) is 5.34. The third-order valence-electron chi connectivity index (χ3n) is 6.76. The number of nitrogens with zero attached hydrogens (tertiary/aromatic N) is 4. The number of nitrogens with one attached hydrogen (secondary N) is 2. The van der Waals surface area contributed by atoms with Crippen LogP contribution in [0.1, 0.15) is 50.5 Å². The number of carbonyl (C=O) groups excluding carboxylic acids is 2. The van der Waals surface area contributed by atoms with Gasteiger partial charge in [-0.25, -0.2) is 9.78 Å². The summed E-state index contributed by atoms with van der Waals surface area (Å²) in [6.07, 6.45) is 1.57. The van der Waals surface area contributed by atoms with E-state index in [0.717, 1.165) is 5.39 Å². The summed E-state index contributed by atoms with van der Waals surface area (Å²) in [6, 6.07) is 12.5. The zero-order valence-corrected chi connectivity index (χ0v) is 22.4. The Morgan fingerprint density at radius 1 is 1.30 bits per heavy atom. The maximum absolute atomic E-state index is 13.0. The molecule has 0 spiro atoms. The summed E-state index contributed by atoms with van der Waals surface area (Å²) < 4.78 is 13.1. The average molecular weight is 544 g/mol. The molecule has 5 rings (SSSR count). The van der Waals surface area contributed by atoms with Gasteiger partial charge in [-0.3, -0.25) is 14.3 Å². The van der Waals surface area contributed by atoms with Crippen molar-refractivity contribution in [2.45, 2.75) is 57.3 Å². The predicted molar refractivity (Wildman–Crippen MR) is 147 cm³/mol. The molecule has 206 valence electrons. The zero-order chi connectivity index (χ0) is 28.7. The van der Waals surface area contributed by atoms with Crippen molar-refractivity contribution < 1.29 is 19.1 Å². The molecule has 1 amide bonds. The largest absolute Gasteiger partial charge is 0.458 e. The topological polar surface area (TPSA) is 178 Å². The minimum Gasteiger partial charge on any atom is -0.458 e. The second-order valence-corrected chi connectivity index (χ2v) is 10.9. The number of hydrogen-bond acceptors (Lipinski definition) is 9. The van der Waals surface area contributed by atoms with E-state index in [1.54, 1.807) is 55.8 Å². The smallest absolute Gasteiger partial charge is 0.335 e. The van der Waals surface area contributed by atoms with E-state index < -0.39 is 29.1 Å². The molecule has 12 heteroatoms. The van der Waals surface area contributed by atoms with Gasteiger partial charge in [0.1, 0.15) is 16.7 Å². The van der Waals surface area contributed by atoms with Gasteiger partial charge >= 0.3 is 5.97 Å². The molecule has 0 unspecified atom stereocenters. The minimum atomic E-state index is -0.905. The van der Waals surface area contributed by atoms with Crippen LogP contribution in [0.15, 0.2) is 47.4 Å². The molecule has 1 aliphatic heterocycles. The van der Waals surface area contributed by atoms with Crippen LogP contribution in [-0.2, 0) is 19.8 Å². The molecule has 4 N–H and O–H groups in total. The summed E-state index contributed by atoms with van der Waals surface area (Å²) in [4.78, 5) is 44.0. The lowest BCUT2D eigenvalue weighted by Gasteiger charge is -2.39. The Kier molecular flexibility index (Phi) is 6.77. The number of nitrogens with two attached hydrogens (primary N) is 1. The number of ether oxygens (including phenoxy) is 2. The van der Waals surface area contributed by atoms with E-state index in [9.17, 15) is 19.6 Å². The van der Waals surface area contributed by atoms with Crippen molar-refractivity contribution in [2.24, 2.45) is 5.73 Å². The molecule has 1 aliphatic rings. The minimum absolute atomic E-state index is 0.0390. The number of aromatic amines is 1. The molecule has 12 nitrogen and oxygen atoms in total. The van der Waals surface area contributed by atoms with Crippen molar-refractivity contribution in [2.75, 3.05) is 11.9 Å². The Morgan fingerprint density at radius 3 is 2.77 bits per heavy atom. The number of aromatic nitrogens is 4. The van der Waals surface area contributed by atoms with Crippen LogP contribution in [0.2, 0.25) is 0 Å². The van der Waals surface area contributed by atoms with Crippen LogP contribution in [0.3, 0.4) is 0 Å². The van der Waals surface area contributed by atoms with Crippen LogP contribution in [0.4, 0.5) is 11.5 Å². The Labute approximate surface area is 229 Å². The lowest BCUT2D eigenvalue weighted by molar-refractivity contribution is -0.176. The predicted octanol–water partition coefficient (Wildman–Crippen LogP) is 3.24. The molecule has 4 aromatic rings. The first-order valence-electron chi connectivity index (χ1n) is 12.8. The fraction of sp³-hybridized carbons (Fsp3) is 0.357. The van der Waals surface area contributed by atoms with Crippen LogP contribution >= 0.6 is 0 Å². The standard InChI is InChI=1S/C28H29N7O5/c1-27(2,3)40-26(38)21-8-10-28(11-12-29,15-39-21)35-20-9-13-31-25(37)22(20)24(34-35)32-17-5-7-18-16(14-17)4-6-19(33-18)23(30)36/h4-7,9,13-14,21H,8,10-11,15H2,1-3H3,(H2,30,36)(H,31,37)(H,32,34)/t21-,28-/m0/s1. The Morgan fingerprint density at radius 2 is 2.10 bits per heavy atom. The number of H-pyrrole nitrogens is 1. The van der Waals surface area contributed by atoms with Gasteiger partial charge in [-0.2, -0.15) is 10.4 Å². The highest BCUT2D eigenvalue weighted by Crippen LogP contribution is 2.37. The van der Waals surface area contributed by atoms with E-state index in [2.05, 4.69) is 21.4 Å². The van der Waals surface area contributed by atoms with E-state index in [-0.39, 0.29) is 24.3 Å². The number of nitriles is 1. The number of amides is 1. The summed E-state index contributed by atoms with van der Waals surface area (Å²) >= 11 is 0. The lowest BCUT2D eigenvalue weighted by atomic mass is 9.87. The molecule has 0 saturated carbocycles. The number of hydrogen-bond donors (Lipinski definition) is 3. The number of fused-ring (bicyclic) bond motifs is 2. The van der Waals surface area contributed by atoms with Gasteiger partial charge in [0.2, 0.25) is 0 Å². The lowest BCUT2D eigenvalue weighted by Crippen LogP contribution is -2.47. The number of carbonyl (C=O) groups is 2. The van der Waals surface area contributed by atoms with Gasteiger partial charge in [-0.1, -0.05) is 6.07 Å². The molecular weight excluding hydrogens is 514 g/mol. The van der Waals surface area contributed by atoms with Gasteiger partial charge in [0.15, 0.2) is 11.9 Å². The van der Waals surface area contributed by atoms with Gasteiger partial charge in [0.25, 0.3) is 11.5 Å². The number of primary amides is 1.